The molecule has 4 nitrogen and oxygen atoms in total. The van der Waals surface area contributed by atoms with Crippen molar-refractivity contribution in [2.45, 2.75) is 26.1 Å². The van der Waals surface area contributed by atoms with Gasteiger partial charge in [-0.25, -0.2) is 0 Å². The summed E-state index contributed by atoms with van der Waals surface area (Å²) in [7, 11) is 0. The van der Waals surface area contributed by atoms with Crippen LogP contribution in [0.3, 0.4) is 0 Å². The number of carbonyl (C=O) groups is 2. The minimum Gasteiger partial charge on any atom is -0.462 e. The molecule has 0 unspecified atom stereocenters. The van der Waals surface area contributed by atoms with Crippen molar-refractivity contribution in [1.29, 1.82) is 0 Å². The average Bonchev–Trinajstić information content (AvgIpc) is 2.69. The van der Waals surface area contributed by atoms with E-state index in [0.29, 0.717) is 35.5 Å². The van der Waals surface area contributed by atoms with Gasteiger partial charge in [-0.3, -0.25) is 9.59 Å². The van der Waals surface area contributed by atoms with Gasteiger partial charge in [-0.1, -0.05) is 0 Å². The third-order valence-corrected chi connectivity index (χ3v) is 6.57. The summed E-state index contributed by atoms with van der Waals surface area (Å²) in [5.41, 5.74) is 0. The van der Waals surface area contributed by atoms with Crippen LogP contribution in [0.2, 0.25) is 0 Å². The summed E-state index contributed by atoms with van der Waals surface area (Å²) in [5, 5.41) is 0. The van der Waals surface area contributed by atoms with Crippen LogP contribution in [0.15, 0.2) is 0 Å². The Morgan fingerprint density at radius 1 is 0.611 bits per heavy atom. The third-order valence-electron chi connectivity index (χ3n) is 6.57. The van der Waals surface area contributed by atoms with Crippen LogP contribution in [0.1, 0.15) is 13.8 Å². The van der Waals surface area contributed by atoms with Gasteiger partial charge in [0.2, 0.25) is 0 Å². The smallest absolute Gasteiger partial charge is 0.302 e. The minimum atomic E-state index is -0.156. The molecular weight excluding hydrogens is 232 g/mol. The summed E-state index contributed by atoms with van der Waals surface area (Å²) in [6, 6.07) is 0. The fraction of sp³-hybridized carbons (Fsp3) is 0.857. The largest absolute Gasteiger partial charge is 0.462 e. The Morgan fingerprint density at radius 2 is 0.889 bits per heavy atom. The van der Waals surface area contributed by atoms with Crippen molar-refractivity contribution < 1.29 is 19.1 Å². The summed E-state index contributed by atoms with van der Waals surface area (Å²) >= 11 is 0. The second-order valence-electron chi connectivity index (χ2n) is 6.77. The zero-order valence-corrected chi connectivity index (χ0v) is 10.4. The Morgan fingerprint density at radius 3 is 1.22 bits per heavy atom. The Bertz CT molecular complexity index is 442. The van der Waals surface area contributed by atoms with Gasteiger partial charge in [-0.15, -0.1) is 0 Å². The standard InChI is InChI=1S/C14H16O4/c1-3(15)17-13-9-5-6-7(9)12-11(13)8(5)10(6)14(12)18-4(2)16/h5-14H,1-2H3/t5-,6+,7-,8-,9-,10+,11-,12+,13+,14+/m0/s1. The summed E-state index contributed by atoms with van der Waals surface area (Å²) in [4.78, 5) is 22.5. The molecule has 0 saturated heterocycles. The van der Waals surface area contributed by atoms with E-state index in [1.165, 1.54) is 13.8 Å². The maximum absolute atomic E-state index is 11.2. The van der Waals surface area contributed by atoms with E-state index in [-0.39, 0.29) is 24.1 Å². The molecule has 6 rings (SSSR count). The van der Waals surface area contributed by atoms with Crippen LogP contribution < -0.4 is 0 Å². The molecule has 6 aliphatic carbocycles. The van der Waals surface area contributed by atoms with E-state index in [1.54, 1.807) is 0 Å². The lowest BCUT2D eigenvalue weighted by atomic mass is 9.41. The highest BCUT2D eigenvalue weighted by molar-refractivity contribution is 5.67. The molecule has 0 spiro atoms. The summed E-state index contributed by atoms with van der Waals surface area (Å²) < 4.78 is 11.1. The summed E-state index contributed by atoms with van der Waals surface area (Å²) in [6.07, 6.45) is 0.267. The first-order valence-corrected chi connectivity index (χ1v) is 6.95. The predicted octanol–water partition coefficient (Wildman–Crippen LogP) is 0.847. The molecule has 4 bridgehead atoms. The first-order valence-electron chi connectivity index (χ1n) is 6.95. The second kappa shape index (κ2) is 2.61. The monoisotopic (exact) mass is 248 g/mol. The zero-order valence-electron chi connectivity index (χ0n) is 10.4. The summed E-state index contributed by atoms with van der Waals surface area (Å²) in [5.74, 6) is 4.80. The van der Waals surface area contributed by atoms with Crippen LogP contribution >= 0.6 is 0 Å². The molecule has 0 N–H and O–H groups in total. The fourth-order valence-corrected chi connectivity index (χ4v) is 6.78. The lowest BCUT2D eigenvalue weighted by Crippen LogP contribution is -2.61. The van der Waals surface area contributed by atoms with E-state index in [4.69, 9.17) is 9.47 Å². The molecule has 0 heterocycles. The Hall–Kier alpha value is -1.06. The van der Waals surface area contributed by atoms with E-state index < -0.39 is 0 Å². The molecule has 96 valence electrons. The number of hydrogen-bond acceptors (Lipinski definition) is 4. The number of carbonyl (C=O) groups excluding carboxylic acids is 2. The number of hydrogen-bond donors (Lipinski definition) is 0. The highest BCUT2D eigenvalue weighted by Crippen LogP contribution is 2.89. The Labute approximate surface area is 105 Å². The van der Waals surface area contributed by atoms with Crippen molar-refractivity contribution in [1.82, 2.24) is 0 Å². The topological polar surface area (TPSA) is 52.6 Å². The predicted molar refractivity (Wildman–Crippen MR) is 59.0 cm³/mol. The molecule has 0 amide bonds. The van der Waals surface area contributed by atoms with Crippen LogP contribution in [0.25, 0.3) is 0 Å². The molecule has 18 heavy (non-hydrogen) atoms. The molecule has 0 aliphatic heterocycles. The van der Waals surface area contributed by atoms with Crippen molar-refractivity contribution in [3.8, 4) is 0 Å². The molecule has 0 aromatic carbocycles. The highest BCUT2D eigenvalue weighted by Gasteiger charge is 2.91. The SMILES string of the molecule is CC(=O)O[C@H]1[C@@H]2[C@@H]3[C@H](OC(C)=O)[C@H]4[C@@H]2[C@H]2[C@H]1[C@@H]3[C@H]42. The van der Waals surface area contributed by atoms with Gasteiger partial charge in [0.1, 0.15) is 12.2 Å². The van der Waals surface area contributed by atoms with Gasteiger partial charge in [-0.05, 0) is 23.7 Å². The molecule has 6 fully saturated rings. The molecule has 0 aromatic heterocycles. The highest BCUT2D eigenvalue weighted by atomic mass is 16.6. The van der Waals surface area contributed by atoms with Gasteiger partial charge in [0.15, 0.2) is 0 Å². The third kappa shape index (κ3) is 0.733. The molecule has 6 aliphatic rings. The van der Waals surface area contributed by atoms with Crippen LogP contribution in [0, 0.1) is 47.3 Å². The van der Waals surface area contributed by atoms with Crippen LogP contribution in [0.4, 0.5) is 0 Å². The van der Waals surface area contributed by atoms with Crippen LogP contribution in [-0.4, -0.2) is 24.1 Å². The van der Waals surface area contributed by atoms with Crippen LogP contribution in [0.5, 0.6) is 0 Å². The van der Waals surface area contributed by atoms with Crippen molar-refractivity contribution in [2.24, 2.45) is 47.3 Å². The lowest BCUT2D eigenvalue weighted by Gasteiger charge is -2.62. The zero-order chi connectivity index (χ0) is 12.3. The van der Waals surface area contributed by atoms with Crippen molar-refractivity contribution in [2.75, 3.05) is 0 Å². The van der Waals surface area contributed by atoms with Gasteiger partial charge in [0.05, 0.1) is 0 Å². The van der Waals surface area contributed by atoms with Gasteiger partial charge < -0.3 is 9.47 Å². The maximum Gasteiger partial charge on any atom is 0.302 e. The van der Waals surface area contributed by atoms with Gasteiger partial charge in [0.25, 0.3) is 0 Å². The number of rotatable bonds is 2. The van der Waals surface area contributed by atoms with E-state index in [9.17, 15) is 9.59 Å². The normalized spacial score (nSPS) is 63.4. The molecule has 6 saturated carbocycles. The molecule has 4 heteroatoms. The first kappa shape index (κ1) is 9.82. The first-order chi connectivity index (χ1) is 8.61. The van der Waals surface area contributed by atoms with E-state index in [2.05, 4.69) is 0 Å². The van der Waals surface area contributed by atoms with Crippen molar-refractivity contribution in [3.63, 3.8) is 0 Å². The molecule has 10 atom stereocenters. The van der Waals surface area contributed by atoms with Crippen molar-refractivity contribution >= 4 is 11.9 Å². The minimum absolute atomic E-state index is 0.134. The van der Waals surface area contributed by atoms with Gasteiger partial charge in [-0.2, -0.15) is 0 Å². The Kier molecular flexibility index (Phi) is 1.42. The van der Waals surface area contributed by atoms with E-state index >= 15 is 0 Å². The molecule has 0 aromatic rings. The maximum atomic E-state index is 11.2. The van der Waals surface area contributed by atoms with E-state index in [0.717, 1.165) is 11.8 Å². The average molecular weight is 248 g/mol. The lowest BCUT2D eigenvalue weighted by molar-refractivity contribution is -0.183. The number of esters is 2. The van der Waals surface area contributed by atoms with Crippen LogP contribution in [-0.2, 0) is 19.1 Å². The Balaban J connectivity index is 1.49. The second-order valence-corrected chi connectivity index (χ2v) is 6.77. The molecule has 0 radical (unpaired) electrons. The quantitative estimate of drug-likeness (QED) is 0.680. The van der Waals surface area contributed by atoms with Gasteiger partial charge in [0, 0.05) is 37.5 Å². The summed E-state index contributed by atoms with van der Waals surface area (Å²) in [6.45, 7) is 3.00. The number of ether oxygens (including phenoxy) is 2. The van der Waals surface area contributed by atoms with Gasteiger partial charge >= 0.3 is 11.9 Å². The van der Waals surface area contributed by atoms with Crippen molar-refractivity contribution in [3.05, 3.63) is 0 Å². The van der Waals surface area contributed by atoms with E-state index in [1.807, 2.05) is 0 Å². The molecular formula is C14H16O4. The fourth-order valence-electron chi connectivity index (χ4n) is 6.78.